The van der Waals surface area contributed by atoms with Crippen LogP contribution in [0.15, 0.2) is 30.3 Å². The lowest BCUT2D eigenvalue weighted by Crippen LogP contribution is -2.63. The number of hydrogen-bond acceptors (Lipinski definition) is 10. The number of hydrogen-bond donors (Lipinski definition) is 4. The first-order valence-corrected chi connectivity index (χ1v) is 15.2. The minimum Gasteiger partial charge on any atom is -0.507 e. The molecule has 0 aromatic heterocycles. The minimum absolute atomic E-state index is 0.00980. The van der Waals surface area contributed by atoms with E-state index in [1.165, 1.54) is 0 Å². The SMILES string of the molecule is CN1CCN(Cc2cccc(-c3cc(N(C)C)c4c(c3O)C(=O)C3C(=O)[C@](O)(C(=O)CC(N)=O)C(CCO)CC3C4)c2)CC1. The third-order valence-electron chi connectivity index (χ3n) is 9.65. The molecule has 1 amide bonds. The van der Waals surface area contributed by atoms with Crippen molar-refractivity contribution in [3.8, 4) is 16.9 Å². The fraction of sp³-hybridized carbons (Fsp3) is 0.515. The molecule has 1 saturated heterocycles. The van der Waals surface area contributed by atoms with Crippen molar-refractivity contribution in [1.82, 2.24) is 9.80 Å². The van der Waals surface area contributed by atoms with Gasteiger partial charge in [-0.2, -0.15) is 0 Å². The zero-order chi connectivity index (χ0) is 31.9. The van der Waals surface area contributed by atoms with Crippen molar-refractivity contribution in [3.05, 3.63) is 47.0 Å². The second kappa shape index (κ2) is 12.4. The maximum absolute atomic E-state index is 14.2. The third-order valence-corrected chi connectivity index (χ3v) is 9.65. The van der Waals surface area contributed by atoms with Gasteiger partial charge in [-0.05, 0) is 61.1 Å². The third kappa shape index (κ3) is 5.65. The lowest BCUT2D eigenvalue weighted by molar-refractivity contribution is -0.167. The van der Waals surface area contributed by atoms with Gasteiger partial charge < -0.3 is 30.9 Å². The molecule has 3 aliphatic rings. The molecule has 2 aromatic rings. The quantitative estimate of drug-likeness (QED) is 0.303. The molecule has 5 N–H and O–H groups in total. The second-order valence-corrected chi connectivity index (χ2v) is 12.8. The summed E-state index contributed by atoms with van der Waals surface area (Å²) >= 11 is 0. The smallest absolute Gasteiger partial charge is 0.225 e. The number of Topliss-reactive ketones (excluding diaryl/α,β-unsaturated/α-hetero) is 3. The first-order chi connectivity index (χ1) is 20.9. The van der Waals surface area contributed by atoms with E-state index < -0.39 is 59.6 Å². The molecule has 0 bridgehead atoms. The number of aliphatic hydroxyl groups is 2. The molecule has 0 spiro atoms. The Bertz CT molecular complexity index is 1480. The summed E-state index contributed by atoms with van der Waals surface area (Å²) in [6.07, 6.45) is -0.569. The van der Waals surface area contributed by atoms with Gasteiger partial charge in [0.1, 0.15) is 5.75 Å². The first kappa shape index (κ1) is 31.8. The summed E-state index contributed by atoms with van der Waals surface area (Å²) in [5, 5.41) is 32.9. The van der Waals surface area contributed by atoms with Crippen LogP contribution in [0.2, 0.25) is 0 Å². The van der Waals surface area contributed by atoms with Gasteiger partial charge in [0, 0.05) is 70.6 Å². The number of fused-ring (bicyclic) bond motifs is 2. The normalized spacial score (nSPS) is 25.8. The van der Waals surface area contributed by atoms with Crippen LogP contribution in [0.3, 0.4) is 0 Å². The molecule has 3 unspecified atom stereocenters. The van der Waals surface area contributed by atoms with Gasteiger partial charge in [-0.1, -0.05) is 18.2 Å². The van der Waals surface area contributed by atoms with Gasteiger partial charge in [0.15, 0.2) is 23.0 Å². The Balaban J connectivity index is 1.56. The number of aliphatic hydroxyl groups excluding tert-OH is 1. The van der Waals surface area contributed by atoms with Crippen LogP contribution in [0.5, 0.6) is 5.75 Å². The van der Waals surface area contributed by atoms with Crippen LogP contribution in [0.4, 0.5) is 5.69 Å². The number of carbonyl (C=O) groups is 4. The number of ketones is 3. The number of nitrogens with two attached hydrogens (primary N) is 1. The number of benzene rings is 2. The van der Waals surface area contributed by atoms with Gasteiger partial charge in [-0.25, -0.2) is 0 Å². The maximum atomic E-state index is 14.2. The Morgan fingerprint density at radius 2 is 1.82 bits per heavy atom. The summed E-state index contributed by atoms with van der Waals surface area (Å²) in [4.78, 5) is 59.3. The van der Waals surface area contributed by atoms with Gasteiger partial charge in [0.2, 0.25) is 5.91 Å². The van der Waals surface area contributed by atoms with Gasteiger partial charge in [0.05, 0.1) is 17.9 Å². The molecule has 2 fully saturated rings. The van der Waals surface area contributed by atoms with Crippen molar-refractivity contribution >= 4 is 28.9 Å². The predicted octanol–water partition coefficient (Wildman–Crippen LogP) is 0.991. The minimum atomic E-state index is -2.64. The predicted molar refractivity (Wildman–Crippen MR) is 164 cm³/mol. The van der Waals surface area contributed by atoms with Gasteiger partial charge in [-0.3, -0.25) is 24.1 Å². The number of amides is 1. The number of aromatic hydroxyl groups is 1. The van der Waals surface area contributed by atoms with Crippen LogP contribution in [0, 0.1) is 17.8 Å². The Morgan fingerprint density at radius 3 is 2.45 bits per heavy atom. The highest BCUT2D eigenvalue weighted by atomic mass is 16.3. The van der Waals surface area contributed by atoms with Crippen molar-refractivity contribution < 1.29 is 34.5 Å². The van der Waals surface area contributed by atoms with Crippen molar-refractivity contribution in [3.63, 3.8) is 0 Å². The van der Waals surface area contributed by atoms with E-state index in [1.807, 2.05) is 49.3 Å². The van der Waals surface area contributed by atoms with E-state index in [4.69, 9.17) is 5.73 Å². The van der Waals surface area contributed by atoms with Crippen molar-refractivity contribution in [2.45, 2.75) is 37.8 Å². The molecule has 2 aromatic carbocycles. The van der Waals surface area contributed by atoms with Gasteiger partial charge in [0.25, 0.3) is 0 Å². The molecule has 44 heavy (non-hydrogen) atoms. The topological polar surface area (TPSA) is 165 Å². The average Bonchev–Trinajstić information content (AvgIpc) is 2.96. The van der Waals surface area contributed by atoms with E-state index in [0.717, 1.165) is 49.5 Å². The highest BCUT2D eigenvalue weighted by Gasteiger charge is 2.60. The molecule has 5 rings (SSSR count). The Kier molecular flexibility index (Phi) is 8.95. The Labute approximate surface area is 257 Å². The molecular formula is C33H42N4O7. The summed E-state index contributed by atoms with van der Waals surface area (Å²) < 4.78 is 0. The van der Waals surface area contributed by atoms with E-state index in [0.29, 0.717) is 11.1 Å². The molecule has 4 atom stereocenters. The lowest BCUT2D eigenvalue weighted by Gasteiger charge is -2.46. The molecule has 236 valence electrons. The summed E-state index contributed by atoms with van der Waals surface area (Å²) in [6, 6.07) is 9.69. The molecule has 0 radical (unpaired) electrons. The number of rotatable bonds is 9. The molecule has 1 heterocycles. The largest absolute Gasteiger partial charge is 0.507 e. The maximum Gasteiger partial charge on any atom is 0.225 e. The van der Waals surface area contributed by atoms with Crippen LogP contribution < -0.4 is 10.6 Å². The van der Waals surface area contributed by atoms with Gasteiger partial charge >= 0.3 is 0 Å². The van der Waals surface area contributed by atoms with Crippen molar-refractivity contribution in [2.75, 3.05) is 58.8 Å². The average molecular weight is 607 g/mol. The number of carbonyl (C=O) groups excluding carboxylic acids is 4. The summed E-state index contributed by atoms with van der Waals surface area (Å²) in [5.74, 6) is -6.92. The standard InChI is InChI=1S/C33H42N4O7/c1-35(2)25-16-23(20-6-4-5-19(13-20)18-37-10-8-36(3)9-11-37)30(41)29-24(25)15-21-14-22(7-12-38)33(44,26(39)17-27(34)40)32(43)28(21)31(29)42/h4-6,13,16,21-22,28,38,41,44H,7-12,14-15,17-18H2,1-3H3,(H2,34,40)/t21?,22?,28?,33-/m1/s1. The summed E-state index contributed by atoms with van der Waals surface area (Å²) in [6.45, 7) is 4.24. The van der Waals surface area contributed by atoms with Crippen LogP contribution in [0.1, 0.15) is 40.7 Å². The van der Waals surface area contributed by atoms with E-state index in [-0.39, 0.29) is 30.6 Å². The summed E-state index contributed by atoms with van der Waals surface area (Å²) in [7, 11) is 5.80. The monoisotopic (exact) mass is 606 g/mol. The van der Waals surface area contributed by atoms with Crippen molar-refractivity contribution in [1.29, 1.82) is 0 Å². The van der Waals surface area contributed by atoms with Crippen molar-refractivity contribution in [2.24, 2.45) is 23.5 Å². The molecule has 1 aliphatic heterocycles. The zero-order valence-electron chi connectivity index (χ0n) is 25.6. The number of likely N-dealkylation sites (N-methyl/N-ethyl adjacent to an activating group) is 1. The number of anilines is 1. The number of nitrogens with zero attached hydrogens (tertiary/aromatic N) is 3. The number of phenols is 1. The fourth-order valence-electron chi connectivity index (χ4n) is 7.31. The van der Waals surface area contributed by atoms with Gasteiger partial charge in [-0.15, -0.1) is 0 Å². The van der Waals surface area contributed by atoms with Crippen LogP contribution in [-0.2, 0) is 27.3 Å². The second-order valence-electron chi connectivity index (χ2n) is 12.8. The van der Waals surface area contributed by atoms with Crippen LogP contribution in [-0.4, -0.2) is 108 Å². The lowest BCUT2D eigenvalue weighted by atomic mass is 9.57. The molecule has 2 aliphatic carbocycles. The van der Waals surface area contributed by atoms with E-state index in [2.05, 4.69) is 16.8 Å². The number of phenolic OH excluding ortho intramolecular Hbond substituents is 1. The molecule has 1 saturated carbocycles. The Hall–Kier alpha value is -3.64. The van der Waals surface area contributed by atoms with E-state index >= 15 is 0 Å². The zero-order valence-corrected chi connectivity index (χ0v) is 25.6. The van der Waals surface area contributed by atoms with E-state index in [1.54, 1.807) is 0 Å². The molecular weight excluding hydrogens is 564 g/mol. The highest BCUT2D eigenvalue weighted by Crippen LogP contribution is 2.51. The number of piperazine rings is 1. The number of primary amides is 1. The molecule has 11 heteroatoms. The summed E-state index contributed by atoms with van der Waals surface area (Å²) in [5.41, 5.74) is 6.14. The molecule has 11 nitrogen and oxygen atoms in total. The highest BCUT2D eigenvalue weighted by molar-refractivity contribution is 6.24. The fourth-order valence-corrected chi connectivity index (χ4v) is 7.31. The Morgan fingerprint density at radius 1 is 1.11 bits per heavy atom. The van der Waals surface area contributed by atoms with Crippen LogP contribution in [0.25, 0.3) is 11.1 Å². The first-order valence-electron chi connectivity index (χ1n) is 15.2. The van der Waals surface area contributed by atoms with Crippen LogP contribution >= 0.6 is 0 Å². The van der Waals surface area contributed by atoms with E-state index in [9.17, 15) is 34.5 Å².